The summed E-state index contributed by atoms with van der Waals surface area (Å²) in [5.41, 5.74) is 6.02. The summed E-state index contributed by atoms with van der Waals surface area (Å²) in [6.07, 6.45) is 6.03. The molecule has 0 aromatic heterocycles. The molecule has 0 radical (unpaired) electrons. The van der Waals surface area contributed by atoms with Crippen molar-refractivity contribution < 1.29 is 0 Å². The van der Waals surface area contributed by atoms with Gasteiger partial charge in [-0.15, -0.1) is 0 Å². The highest BCUT2D eigenvalue weighted by Crippen LogP contribution is 2.17. The van der Waals surface area contributed by atoms with E-state index in [1.54, 1.807) is 0 Å². The van der Waals surface area contributed by atoms with Gasteiger partial charge >= 0.3 is 0 Å². The first-order chi connectivity index (χ1) is 6.91. The molecule has 2 heteroatoms. The molecular formula is C13H28N2. The van der Waals surface area contributed by atoms with Crippen LogP contribution in [0.5, 0.6) is 0 Å². The van der Waals surface area contributed by atoms with Gasteiger partial charge in [-0.2, -0.15) is 0 Å². The van der Waals surface area contributed by atoms with Gasteiger partial charge in [0.1, 0.15) is 0 Å². The average Bonchev–Trinajstić information content (AvgIpc) is 2.13. The van der Waals surface area contributed by atoms with Crippen molar-refractivity contribution in [2.45, 2.75) is 72.8 Å². The van der Waals surface area contributed by atoms with Gasteiger partial charge in [0.05, 0.1) is 11.9 Å². The van der Waals surface area contributed by atoms with E-state index in [1.807, 2.05) is 0 Å². The van der Waals surface area contributed by atoms with E-state index in [1.165, 1.54) is 25.7 Å². The van der Waals surface area contributed by atoms with Crippen molar-refractivity contribution in [3.63, 3.8) is 0 Å². The van der Waals surface area contributed by atoms with Crippen molar-refractivity contribution in [2.24, 2.45) is 16.1 Å². The van der Waals surface area contributed by atoms with Crippen LogP contribution in [0.3, 0.4) is 0 Å². The second-order valence-electron chi connectivity index (χ2n) is 5.35. The van der Waals surface area contributed by atoms with E-state index >= 15 is 0 Å². The van der Waals surface area contributed by atoms with Crippen molar-refractivity contribution >= 4 is 5.84 Å². The summed E-state index contributed by atoms with van der Waals surface area (Å²) < 4.78 is 0. The summed E-state index contributed by atoms with van der Waals surface area (Å²) in [5.74, 6) is 0.803. The molecule has 0 rings (SSSR count). The third-order valence-electron chi connectivity index (χ3n) is 2.60. The van der Waals surface area contributed by atoms with E-state index in [9.17, 15) is 0 Å². The molecule has 0 aliphatic carbocycles. The zero-order chi connectivity index (χ0) is 11.9. The molecule has 0 spiro atoms. The predicted molar refractivity (Wildman–Crippen MR) is 69.3 cm³/mol. The number of rotatable bonds is 6. The summed E-state index contributed by atoms with van der Waals surface area (Å²) in [4.78, 5) is 4.67. The minimum atomic E-state index is 0.0121. The molecule has 15 heavy (non-hydrogen) atoms. The Labute approximate surface area is 95.4 Å². The quantitative estimate of drug-likeness (QED) is 0.528. The number of unbranched alkanes of at least 4 members (excludes halogenated alkanes) is 1. The lowest BCUT2D eigenvalue weighted by atomic mass is 9.94. The Morgan fingerprint density at radius 2 is 1.73 bits per heavy atom. The monoisotopic (exact) mass is 212 g/mol. The lowest BCUT2D eigenvalue weighted by Gasteiger charge is -2.20. The van der Waals surface area contributed by atoms with Gasteiger partial charge < -0.3 is 5.73 Å². The molecule has 0 heterocycles. The van der Waals surface area contributed by atoms with Gasteiger partial charge in [-0.25, -0.2) is 0 Å². The largest absolute Gasteiger partial charge is 0.387 e. The molecule has 0 aromatic rings. The van der Waals surface area contributed by atoms with Crippen LogP contribution >= 0.6 is 0 Å². The van der Waals surface area contributed by atoms with Crippen molar-refractivity contribution in [3.05, 3.63) is 0 Å². The molecular weight excluding hydrogens is 184 g/mol. The summed E-state index contributed by atoms with van der Waals surface area (Å²) in [6.45, 7) is 10.8. The molecule has 2 nitrogen and oxygen atoms in total. The first-order valence-electron chi connectivity index (χ1n) is 6.25. The molecule has 0 saturated heterocycles. The van der Waals surface area contributed by atoms with Gasteiger partial charge in [0, 0.05) is 5.41 Å². The zero-order valence-corrected chi connectivity index (χ0v) is 11.1. The Morgan fingerprint density at radius 3 is 2.13 bits per heavy atom. The van der Waals surface area contributed by atoms with Crippen molar-refractivity contribution in [1.82, 2.24) is 0 Å². The molecule has 0 bridgehead atoms. The number of nitrogens with zero attached hydrogens (tertiary/aromatic N) is 1. The van der Waals surface area contributed by atoms with Crippen LogP contribution in [0.25, 0.3) is 0 Å². The third kappa shape index (κ3) is 6.53. The fourth-order valence-electron chi connectivity index (χ4n) is 1.44. The molecule has 0 fully saturated rings. The topological polar surface area (TPSA) is 38.4 Å². The van der Waals surface area contributed by atoms with Gasteiger partial charge in [-0.05, 0) is 12.8 Å². The first-order valence-corrected chi connectivity index (χ1v) is 6.25. The van der Waals surface area contributed by atoms with E-state index in [0.29, 0.717) is 6.04 Å². The fourth-order valence-corrected chi connectivity index (χ4v) is 1.44. The van der Waals surface area contributed by atoms with Crippen LogP contribution in [0.15, 0.2) is 4.99 Å². The summed E-state index contributed by atoms with van der Waals surface area (Å²) in [6, 6.07) is 0.439. The Kier molecular flexibility index (Phi) is 6.62. The van der Waals surface area contributed by atoms with E-state index in [-0.39, 0.29) is 5.41 Å². The van der Waals surface area contributed by atoms with Crippen LogP contribution in [0, 0.1) is 5.41 Å². The van der Waals surface area contributed by atoms with E-state index < -0.39 is 0 Å². The number of hydrogen-bond donors (Lipinski definition) is 1. The highest BCUT2D eigenvalue weighted by molar-refractivity contribution is 5.85. The smallest absolute Gasteiger partial charge is 0.0994 e. The van der Waals surface area contributed by atoms with Crippen LogP contribution in [-0.4, -0.2) is 11.9 Å². The molecule has 1 unspecified atom stereocenters. The van der Waals surface area contributed by atoms with E-state index in [0.717, 1.165) is 12.3 Å². The second kappa shape index (κ2) is 6.86. The van der Waals surface area contributed by atoms with E-state index in [4.69, 9.17) is 5.73 Å². The van der Waals surface area contributed by atoms with Crippen molar-refractivity contribution in [2.75, 3.05) is 0 Å². The predicted octanol–water partition coefficient (Wildman–Crippen LogP) is 3.75. The Hall–Kier alpha value is -0.530. The van der Waals surface area contributed by atoms with Gasteiger partial charge in [0.25, 0.3) is 0 Å². The highest BCUT2D eigenvalue weighted by Gasteiger charge is 2.17. The molecule has 90 valence electrons. The molecule has 0 aromatic carbocycles. The lowest BCUT2D eigenvalue weighted by molar-refractivity contribution is 0.517. The minimum Gasteiger partial charge on any atom is -0.387 e. The summed E-state index contributed by atoms with van der Waals surface area (Å²) in [7, 11) is 0. The third-order valence-corrected chi connectivity index (χ3v) is 2.60. The number of aliphatic imine (C=N–C) groups is 1. The Bertz CT molecular complexity index is 189. The van der Waals surface area contributed by atoms with Crippen LogP contribution in [0.4, 0.5) is 0 Å². The lowest BCUT2D eigenvalue weighted by Crippen LogP contribution is -2.30. The maximum atomic E-state index is 6.00. The van der Waals surface area contributed by atoms with Gasteiger partial charge in [0.15, 0.2) is 0 Å². The number of nitrogens with two attached hydrogens (primary N) is 1. The normalized spacial score (nSPS) is 15.4. The van der Waals surface area contributed by atoms with Crippen molar-refractivity contribution in [3.8, 4) is 0 Å². The number of amidine groups is 1. The maximum Gasteiger partial charge on any atom is 0.0994 e. The van der Waals surface area contributed by atoms with Crippen LogP contribution in [0.1, 0.15) is 66.7 Å². The standard InChI is InChI=1S/C13H28N2/c1-6-8-10-11(9-7-2)15-12(14)13(3,4)5/h11H,6-10H2,1-5H3,(H2,14,15). The summed E-state index contributed by atoms with van der Waals surface area (Å²) in [5, 5.41) is 0. The minimum absolute atomic E-state index is 0.0121. The molecule has 0 amide bonds. The number of hydrogen-bond acceptors (Lipinski definition) is 1. The van der Waals surface area contributed by atoms with Crippen LogP contribution in [0.2, 0.25) is 0 Å². The van der Waals surface area contributed by atoms with Gasteiger partial charge in [-0.1, -0.05) is 53.9 Å². The Balaban J connectivity index is 4.36. The highest BCUT2D eigenvalue weighted by atomic mass is 14.9. The fraction of sp³-hybridized carbons (Fsp3) is 0.923. The molecule has 0 aliphatic heterocycles. The van der Waals surface area contributed by atoms with E-state index in [2.05, 4.69) is 39.6 Å². The first kappa shape index (κ1) is 14.5. The van der Waals surface area contributed by atoms with Crippen LogP contribution < -0.4 is 5.73 Å². The molecule has 2 N–H and O–H groups in total. The average molecular weight is 212 g/mol. The second-order valence-corrected chi connectivity index (χ2v) is 5.35. The Morgan fingerprint density at radius 1 is 1.13 bits per heavy atom. The molecule has 0 aliphatic rings. The SMILES string of the molecule is CCCCC(CCC)N=C(N)C(C)(C)C. The van der Waals surface area contributed by atoms with Crippen molar-refractivity contribution in [1.29, 1.82) is 0 Å². The van der Waals surface area contributed by atoms with Crippen LogP contribution in [-0.2, 0) is 0 Å². The maximum absolute atomic E-state index is 6.00. The van der Waals surface area contributed by atoms with Gasteiger partial charge in [-0.3, -0.25) is 4.99 Å². The molecule has 1 atom stereocenters. The zero-order valence-electron chi connectivity index (χ0n) is 11.1. The summed E-state index contributed by atoms with van der Waals surface area (Å²) >= 11 is 0. The molecule has 0 saturated carbocycles. The van der Waals surface area contributed by atoms with Gasteiger partial charge in [0.2, 0.25) is 0 Å².